The topological polar surface area (TPSA) is 55.1 Å². The van der Waals surface area contributed by atoms with Gasteiger partial charge < -0.3 is 11.1 Å². The van der Waals surface area contributed by atoms with Gasteiger partial charge in [-0.1, -0.05) is 37.3 Å². The van der Waals surface area contributed by atoms with Gasteiger partial charge in [-0.25, -0.2) is 0 Å². The van der Waals surface area contributed by atoms with Gasteiger partial charge in [0.2, 0.25) is 5.91 Å². The lowest BCUT2D eigenvalue weighted by Gasteiger charge is -2.28. The zero-order chi connectivity index (χ0) is 14.7. The molecule has 1 aromatic rings. The summed E-state index contributed by atoms with van der Waals surface area (Å²) in [5.41, 5.74) is 2.93. The Bertz CT molecular complexity index is 429. The van der Waals surface area contributed by atoms with Crippen molar-refractivity contribution in [1.82, 2.24) is 5.32 Å². The van der Waals surface area contributed by atoms with E-state index < -0.39 is 23.7 Å². The molecule has 0 bridgehead atoms. The van der Waals surface area contributed by atoms with Crippen LogP contribution in [-0.2, 0) is 4.79 Å². The van der Waals surface area contributed by atoms with E-state index in [0.717, 1.165) is 5.56 Å². The van der Waals surface area contributed by atoms with E-state index in [0.29, 0.717) is 13.3 Å². The fourth-order valence-corrected chi connectivity index (χ4v) is 1.54. The summed E-state index contributed by atoms with van der Waals surface area (Å²) >= 11 is 0. The summed E-state index contributed by atoms with van der Waals surface area (Å²) in [5, 5.41) is 2.35. The monoisotopic (exact) mass is 274 g/mol. The Morgan fingerprint density at radius 1 is 1.32 bits per heavy atom. The Kier molecular flexibility index (Phi) is 4.57. The summed E-state index contributed by atoms with van der Waals surface area (Å²) in [4.78, 5) is 11.7. The summed E-state index contributed by atoms with van der Waals surface area (Å²) in [6, 6.07) is 8.32. The van der Waals surface area contributed by atoms with Crippen LogP contribution in [0.15, 0.2) is 30.3 Å². The average Bonchev–Trinajstić information content (AvgIpc) is 2.35. The highest BCUT2D eigenvalue weighted by Crippen LogP contribution is 2.29. The minimum atomic E-state index is -4.79. The molecule has 0 aliphatic heterocycles. The SMILES string of the molecule is CCC(NC(=O)C(C)(N)C(F)(F)F)c1ccccc1. The highest BCUT2D eigenvalue weighted by molar-refractivity contribution is 5.87. The van der Waals surface area contributed by atoms with Crippen molar-refractivity contribution < 1.29 is 18.0 Å². The molecule has 0 radical (unpaired) electrons. The number of alkyl halides is 3. The number of hydrogen-bond donors (Lipinski definition) is 2. The molecule has 3 N–H and O–H groups in total. The molecule has 0 heterocycles. The molecule has 0 fully saturated rings. The first-order valence-corrected chi connectivity index (χ1v) is 5.91. The van der Waals surface area contributed by atoms with Gasteiger partial charge in [0, 0.05) is 0 Å². The Morgan fingerprint density at radius 2 is 1.84 bits per heavy atom. The molecule has 0 aliphatic carbocycles. The van der Waals surface area contributed by atoms with Crippen LogP contribution < -0.4 is 11.1 Å². The minimum absolute atomic E-state index is 0.476. The number of rotatable bonds is 4. The number of hydrogen-bond acceptors (Lipinski definition) is 2. The number of halogens is 3. The van der Waals surface area contributed by atoms with Crippen LogP contribution in [-0.4, -0.2) is 17.6 Å². The number of benzene rings is 1. The smallest absolute Gasteiger partial charge is 0.347 e. The third-order valence-electron chi connectivity index (χ3n) is 2.98. The molecule has 1 amide bonds. The molecule has 6 heteroatoms. The van der Waals surface area contributed by atoms with Crippen LogP contribution >= 0.6 is 0 Å². The third kappa shape index (κ3) is 3.47. The number of carbonyl (C=O) groups excluding carboxylic acids is 1. The molecule has 106 valence electrons. The Labute approximate surface area is 110 Å². The summed E-state index contributed by atoms with van der Waals surface area (Å²) in [6.45, 7) is 2.44. The van der Waals surface area contributed by atoms with Crippen LogP contribution in [0.3, 0.4) is 0 Å². The molecular formula is C13H17F3N2O. The second kappa shape index (κ2) is 5.61. The minimum Gasteiger partial charge on any atom is -0.347 e. The first-order chi connectivity index (χ1) is 8.70. The van der Waals surface area contributed by atoms with E-state index in [1.165, 1.54) is 0 Å². The quantitative estimate of drug-likeness (QED) is 0.886. The lowest BCUT2D eigenvalue weighted by molar-refractivity contribution is -0.187. The molecule has 0 aromatic heterocycles. The van der Waals surface area contributed by atoms with E-state index in [4.69, 9.17) is 5.73 Å². The van der Waals surface area contributed by atoms with E-state index in [1.807, 2.05) is 0 Å². The fourth-order valence-electron chi connectivity index (χ4n) is 1.54. The Balaban J connectivity index is 2.86. The van der Waals surface area contributed by atoms with Crippen molar-refractivity contribution in [3.05, 3.63) is 35.9 Å². The van der Waals surface area contributed by atoms with E-state index in [9.17, 15) is 18.0 Å². The van der Waals surface area contributed by atoms with Crippen LogP contribution in [0, 0.1) is 0 Å². The van der Waals surface area contributed by atoms with Crippen molar-refractivity contribution in [2.24, 2.45) is 5.73 Å². The van der Waals surface area contributed by atoms with Crippen LogP contribution in [0.25, 0.3) is 0 Å². The van der Waals surface area contributed by atoms with Gasteiger partial charge in [0.15, 0.2) is 5.54 Å². The first kappa shape index (κ1) is 15.5. The maximum absolute atomic E-state index is 12.7. The van der Waals surface area contributed by atoms with E-state index in [2.05, 4.69) is 5.32 Å². The predicted molar refractivity (Wildman–Crippen MR) is 66.3 cm³/mol. The van der Waals surface area contributed by atoms with Gasteiger partial charge in [-0.05, 0) is 18.9 Å². The van der Waals surface area contributed by atoms with Gasteiger partial charge in [-0.2, -0.15) is 13.2 Å². The summed E-state index contributed by atoms with van der Waals surface area (Å²) in [5.74, 6) is -1.23. The zero-order valence-electron chi connectivity index (χ0n) is 10.8. The van der Waals surface area contributed by atoms with Crippen molar-refractivity contribution in [2.45, 2.75) is 38.0 Å². The van der Waals surface area contributed by atoms with E-state index in [1.54, 1.807) is 37.3 Å². The molecule has 0 aliphatic rings. The van der Waals surface area contributed by atoms with Crippen LogP contribution in [0.4, 0.5) is 13.2 Å². The average molecular weight is 274 g/mol. The highest BCUT2D eigenvalue weighted by atomic mass is 19.4. The molecule has 0 spiro atoms. The fraction of sp³-hybridized carbons (Fsp3) is 0.462. The number of nitrogens with one attached hydrogen (secondary N) is 1. The van der Waals surface area contributed by atoms with Crippen molar-refractivity contribution in [2.75, 3.05) is 0 Å². The van der Waals surface area contributed by atoms with E-state index >= 15 is 0 Å². The second-order valence-electron chi connectivity index (χ2n) is 4.55. The third-order valence-corrected chi connectivity index (χ3v) is 2.98. The molecule has 1 aromatic carbocycles. The van der Waals surface area contributed by atoms with Crippen molar-refractivity contribution in [1.29, 1.82) is 0 Å². The number of nitrogens with two attached hydrogens (primary N) is 1. The number of amides is 1. The molecule has 19 heavy (non-hydrogen) atoms. The van der Waals surface area contributed by atoms with Crippen LogP contribution in [0.1, 0.15) is 31.9 Å². The Morgan fingerprint density at radius 3 is 2.26 bits per heavy atom. The molecule has 2 unspecified atom stereocenters. The van der Waals surface area contributed by atoms with Crippen LogP contribution in [0.5, 0.6) is 0 Å². The lowest BCUT2D eigenvalue weighted by atomic mass is 9.99. The van der Waals surface area contributed by atoms with Gasteiger partial charge in [0.1, 0.15) is 0 Å². The standard InChI is InChI=1S/C13H17F3N2O/c1-3-10(9-7-5-4-6-8-9)18-11(19)12(2,17)13(14,15)16/h4-8,10H,3,17H2,1-2H3,(H,18,19). The zero-order valence-corrected chi connectivity index (χ0v) is 10.8. The summed E-state index contributed by atoms with van der Waals surface area (Å²) in [7, 11) is 0. The molecule has 2 atom stereocenters. The van der Waals surface area contributed by atoms with Gasteiger partial charge >= 0.3 is 6.18 Å². The van der Waals surface area contributed by atoms with Gasteiger partial charge in [0.05, 0.1) is 6.04 Å². The molecule has 0 saturated carbocycles. The predicted octanol–water partition coefficient (Wildman–Crippen LogP) is 2.53. The molecule has 0 saturated heterocycles. The molecule has 1 rings (SSSR count). The first-order valence-electron chi connectivity index (χ1n) is 5.91. The van der Waals surface area contributed by atoms with Crippen molar-refractivity contribution in [3.63, 3.8) is 0 Å². The van der Waals surface area contributed by atoms with Gasteiger partial charge in [-0.3, -0.25) is 4.79 Å². The number of carbonyl (C=O) groups is 1. The van der Waals surface area contributed by atoms with E-state index in [-0.39, 0.29) is 0 Å². The summed E-state index contributed by atoms with van der Waals surface area (Å²) in [6.07, 6.45) is -4.31. The Hall–Kier alpha value is -1.56. The molecular weight excluding hydrogens is 257 g/mol. The highest BCUT2D eigenvalue weighted by Gasteiger charge is 2.54. The maximum atomic E-state index is 12.7. The van der Waals surface area contributed by atoms with Crippen LogP contribution in [0.2, 0.25) is 0 Å². The summed E-state index contributed by atoms with van der Waals surface area (Å²) < 4.78 is 38.0. The maximum Gasteiger partial charge on any atom is 0.415 e. The second-order valence-corrected chi connectivity index (χ2v) is 4.55. The molecule has 3 nitrogen and oxygen atoms in total. The van der Waals surface area contributed by atoms with Crippen molar-refractivity contribution >= 4 is 5.91 Å². The lowest BCUT2D eigenvalue weighted by Crippen LogP contribution is -2.61. The van der Waals surface area contributed by atoms with Crippen molar-refractivity contribution in [3.8, 4) is 0 Å². The van der Waals surface area contributed by atoms with Gasteiger partial charge in [0.25, 0.3) is 0 Å². The normalized spacial score (nSPS) is 16.5. The van der Waals surface area contributed by atoms with Gasteiger partial charge in [-0.15, -0.1) is 0 Å². The largest absolute Gasteiger partial charge is 0.415 e.